The van der Waals surface area contributed by atoms with E-state index in [1.807, 2.05) is 13.8 Å². The zero-order valence-corrected chi connectivity index (χ0v) is 12.3. The molecule has 0 atom stereocenters. The van der Waals surface area contributed by atoms with Gasteiger partial charge in [0.05, 0.1) is 5.69 Å². The summed E-state index contributed by atoms with van der Waals surface area (Å²) < 4.78 is 19.7. The molecule has 5 heteroatoms. The van der Waals surface area contributed by atoms with Crippen LogP contribution in [-0.4, -0.2) is 4.98 Å². The molecule has 0 aliphatic heterocycles. The number of pyridine rings is 1. The van der Waals surface area contributed by atoms with Gasteiger partial charge in [-0.1, -0.05) is 15.9 Å². The first-order chi connectivity index (χ1) is 8.99. The van der Waals surface area contributed by atoms with Gasteiger partial charge in [0.2, 0.25) is 0 Å². The Hall–Kier alpha value is -1.62. The molecule has 2 rings (SSSR count). The maximum atomic E-state index is 13.6. The van der Waals surface area contributed by atoms with Crippen LogP contribution in [0.1, 0.15) is 16.8 Å². The molecule has 0 aliphatic rings. The van der Waals surface area contributed by atoms with Crippen LogP contribution in [-0.2, 0) is 6.61 Å². The van der Waals surface area contributed by atoms with Crippen LogP contribution in [0.25, 0.3) is 0 Å². The van der Waals surface area contributed by atoms with Gasteiger partial charge in [0.1, 0.15) is 6.61 Å². The number of aromatic nitrogens is 1. The summed E-state index contributed by atoms with van der Waals surface area (Å²) in [5.74, 6) is -0.212. The molecule has 0 bridgehead atoms. The van der Waals surface area contributed by atoms with Gasteiger partial charge < -0.3 is 10.5 Å². The van der Waals surface area contributed by atoms with Crippen LogP contribution in [0.15, 0.2) is 28.9 Å². The summed E-state index contributed by atoms with van der Waals surface area (Å²) >= 11 is 3.20. The number of nitrogen functional groups attached to an aromatic ring is 1. The number of halogens is 2. The van der Waals surface area contributed by atoms with Gasteiger partial charge in [-0.25, -0.2) is 4.39 Å². The van der Waals surface area contributed by atoms with Gasteiger partial charge in [-0.2, -0.15) is 0 Å². The number of benzene rings is 1. The Bertz CT molecular complexity index is 617. The molecular formula is C14H14BrFN2O. The average molecular weight is 325 g/mol. The fraction of sp³-hybridized carbons (Fsp3) is 0.214. The smallest absolute Gasteiger partial charge is 0.166 e. The highest BCUT2D eigenvalue weighted by Crippen LogP contribution is 2.24. The highest BCUT2D eigenvalue weighted by atomic mass is 79.9. The number of rotatable bonds is 3. The average Bonchev–Trinajstić information content (AvgIpc) is 2.37. The molecular weight excluding hydrogens is 311 g/mol. The van der Waals surface area contributed by atoms with Crippen molar-refractivity contribution in [2.75, 3.05) is 5.73 Å². The third-order valence-corrected chi connectivity index (χ3v) is 3.43. The summed E-state index contributed by atoms with van der Waals surface area (Å²) in [7, 11) is 0. The molecule has 3 nitrogen and oxygen atoms in total. The van der Waals surface area contributed by atoms with Gasteiger partial charge in [0, 0.05) is 16.4 Å². The van der Waals surface area contributed by atoms with Crippen molar-refractivity contribution in [3.05, 3.63) is 51.5 Å². The van der Waals surface area contributed by atoms with Crippen LogP contribution < -0.4 is 10.5 Å². The summed E-state index contributed by atoms with van der Waals surface area (Å²) in [5.41, 5.74) is 9.14. The molecule has 2 N–H and O–H groups in total. The number of aryl methyl sites for hydroxylation is 1. The van der Waals surface area contributed by atoms with Crippen molar-refractivity contribution >= 4 is 21.6 Å². The lowest BCUT2D eigenvalue weighted by atomic mass is 10.1. The fourth-order valence-corrected chi connectivity index (χ4v) is 2.01. The number of nitrogens with two attached hydrogens (primary N) is 1. The quantitative estimate of drug-likeness (QED) is 0.935. The van der Waals surface area contributed by atoms with Crippen molar-refractivity contribution in [3.63, 3.8) is 0 Å². The minimum absolute atomic E-state index is 0.189. The van der Waals surface area contributed by atoms with Gasteiger partial charge in [-0.3, -0.25) is 4.98 Å². The van der Waals surface area contributed by atoms with Crippen LogP contribution >= 0.6 is 15.9 Å². The highest BCUT2D eigenvalue weighted by Gasteiger charge is 2.09. The highest BCUT2D eigenvalue weighted by molar-refractivity contribution is 9.10. The van der Waals surface area contributed by atoms with Gasteiger partial charge >= 0.3 is 0 Å². The van der Waals surface area contributed by atoms with Crippen LogP contribution in [0.4, 0.5) is 10.1 Å². The molecule has 2 aromatic rings. The third kappa shape index (κ3) is 3.04. The van der Waals surface area contributed by atoms with E-state index < -0.39 is 5.82 Å². The second-order valence-electron chi connectivity index (χ2n) is 4.29. The fourth-order valence-electron chi connectivity index (χ4n) is 1.68. The zero-order chi connectivity index (χ0) is 14.0. The molecule has 1 aromatic carbocycles. The summed E-state index contributed by atoms with van der Waals surface area (Å²) in [6, 6.07) is 4.66. The molecule has 1 heterocycles. The van der Waals surface area contributed by atoms with Crippen molar-refractivity contribution in [2.45, 2.75) is 20.5 Å². The third-order valence-electron chi connectivity index (χ3n) is 2.93. The second-order valence-corrected chi connectivity index (χ2v) is 5.21. The van der Waals surface area contributed by atoms with Gasteiger partial charge in [0.15, 0.2) is 11.6 Å². The molecule has 0 saturated carbocycles. The molecule has 0 radical (unpaired) electrons. The van der Waals surface area contributed by atoms with E-state index in [0.29, 0.717) is 15.9 Å². The molecule has 100 valence electrons. The van der Waals surface area contributed by atoms with Crippen molar-refractivity contribution in [3.8, 4) is 5.75 Å². The Kier molecular flexibility index (Phi) is 4.04. The molecule has 0 aliphatic carbocycles. The lowest BCUT2D eigenvalue weighted by molar-refractivity contribution is 0.285. The maximum absolute atomic E-state index is 13.6. The number of hydrogen-bond donors (Lipinski definition) is 1. The number of hydrogen-bond acceptors (Lipinski definition) is 3. The number of anilines is 1. The van der Waals surface area contributed by atoms with E-state index in [4.69, 9.17) is 10.5 Å². The van der Waals surface area contributed by atoms with Crippen molar-refractivity contribution in [1.29, 1.82) is 0 Å². The first kappa shape index (κ1) is 13.8. The molecule has 0 amide bonds. The molecule has 0 spiro atoms. The zero-order valence-electron chi connectivity index (χ0n) is 10.7. The predicted molar refractivity (Wildman–Crippen MR) is 76.6 cm³/mol. The number of ether oxygens (including phenoxy) is 1. The molecule has 0 saturated heterocycles. The normalized spacial score (nSPS) is 10.5. The molecule has 1 aromatic heterocycles. The predicted octanol–water partition coefficient (Wildman–Crippen LogP) is 3.76. The monoisotopic (exact) mass is 324 g/mol. The second kappa shape index (κ2) is 5.57. The van der Waals surface area contributed by atoms with Crippen LogP contribution in [0, 0.1) is 19.7 Å². The lowest BCUT2D eigenvalue weighted by Crippen LogP contribution is -2.05. The maximum Gasteiger partial charge on any atom is 0.166 e. The van der Waals surface area contributed by atoms with E-state index in [1.54, 1.807) is 18.3 Å². The Labute approximate surface area is 119 Å². The van der Waals surface area contributed by atoms with Crippen LogP contribution in [0.5, 0.6) is 5.75 Å². The van der Waals surface area contributed by atoms with Gasteiger partial charge in [0.25, 0.3) is 0 Å². The van der Waals surface area contributed by atoms with Crippen LogP contribution in [0.2, 0.25) is 0 Å². The molecule has 19 heavy (non-hydrogen) atoms. The SMILES string of the molecule is Cc1cnc(COc2ccc(Br)cc2F)c(C)c1N. The van der Waals surface area contributed by atoms with Crippen LogP contribution in [0.3, 0.4) is 0 Å². The van der Waals surface area contributed by atoms with E-state index in [0.717, 1.165) is 11.1 Å². The standard InChI is InChI=1S/C14H14BrFN2O/c1-8-6-18-12(9(2)14(8)17)7-19-13-4-3-10(15)5-11(13)16/h3-6H,7H2,1-2H3,(H2,17,18). The van der Waals surface area contributed by atoms with E-state index in [-0.39, 0.29) is 12.4 Å². The summed E-state index contributed by atoms with van der Waals surface area (Å²) in [4.78, 5) is 4.26. The Morgan fingerprint density at radius 1 is 1.37 bits per heavy atom. The molecule has 0 fully saturated rings. The summed E-state index contributed by atoms with van der Waals surface area (Å²) in [6.45, 7) is 3.97. The van der Waals surface area contributed by atoms with E-state index in [2.05, 4.69) is 20.9 Å². The Morgan fingerprint density at radius 2 is 2.11 bits per heavy atom. The minimum Gasteiger partial charge on any atom is -0.484 e. The van der Waals surface area contributed by atoms with E-state index >= 15 is 0 Å². The van der Waals surface area contributed by atoms with Gasteiger partial charge in [-0.15, -0.1) is 0 Å². The van der Waals surface area contributed by atoms with Crippen molar-refractivity contribution in [1.82, 2.24) is 4.98 Å². The number of nitrogens with zero attached hydrogens (tertiary/aromatic N) is 1. The first-order valence-electron chi connectivity index (χ1n) is 5.77. The summed E-state index contributed by atoms with van der Waals surface area (Å²) in [5, 5.41) is 0. The Morgan fingerprint density at radius 3 is 2.79 bits per heavy atom. The largest absolute Gasteiger partial charge is 0.484 e. The lowest BCUT2D eigenvalue weighted by Gasteiger charge is -2.11. The van der Waals surface area contributed by atoms with Gasteiger partial charge in [-0.05, 0) is 43.2 Å². The summed E-state index contributed by atoms with van der Waals surface area (Å²) in [6.07, 6.45) is 1.69. The first-order valence-corrected chi connectivity index (χ1v) is 6.56. The van der Waals surface area contributed by atoms with E-state index in [9.17, 15) is 4.39 Å². The minimum atomic E-state index is -0.410. The van der Waals surface area contributed by atoms with Crippen molar-refractivity contribution in [2.24, 2.45) is 0 Å². The molecule has 0 unspecified atom stereocenters. The topological polar surface area (TPSA) is 48.1 Å². The van der Waals surface area contributed by atoms with E-state index in [1.165, 1.54) is 6.07 Å². The Balaban J connectivity index is 2.17. The van der Waals surface area contributed by atoms with Crippen molar-refractivity contribution < 1.29 is 9.13 Å².